The average Bonchev–Trinajstić information content (AvgIpc) is 3.04. The number of non-ortho nitro benzene ring substituents is 1. The minimum atomic E-state index is -0.517. The summed E-state index contributed by atoms with van der Waals surface area (Å²) in [4.78, 5) is 27.0. The van der Waals surface area contributed by atoms with E-state index in [1.807, 2.05) is 24.3 Å². The number of carbonyl (C=O) groups is 1. The van der Waals surface area contributed by atoms with Crippen molar-refractivity contribution in [2.45, 2.75) is 5.75 Å². The summed E-state index contributed by atoms with van der Waals surface area (Å²) in [5.74, 6) is 0.954. The number of benzene rings is 2. The quantitative estimate of drug-likeness (QED) is 0.483. The first kappa shape index (κ1) is 18.2. The van der Waals surface area contributed by atoms with E-state index in [1.54, 1.807) is 11.3 Å². The lowest BCUT2D eigenvalue weighted by molar-refractivity contribution is -0.384. The van der Waals surface area contributed by atoms with Gasteiger partial charge in [-0.2, -0.15) is 0 Å². The van der Waals surface area contributed by atoms with Gasteiger partial charge < -0.3 is 10.1 Å². The van der Waals surface area contributed by atoms with Crippen molar-refractivity contribution in [2.24, 2.45) is 0 Å². The lowest BCUT2D eigenvalue weighted by Gasteiger charge is -2.09. The van der Waals surface area contributed by atoms with E-state index in [1.165, 1.54) is 37.1 Å². The second-order valence-corrected chi connectivity index (χ2v) is 7.36. The molecule has 0 radical (unpaired) electrons. The topological polar surface area (TPSA) is 94.4 Å². The molecule has 3 rings (SSSR count). The SMILES string of the molecule is COc1ccc([N+](=O)[O-])cc1NC(=O)CSCc1nc2ccccc2s1. The molecule has 0 unspecified atom stereocenters. The molecule has 2 aromatic carbocycles. The number of methoxy groups -OCH3 is 1. The smallest absolute Gasteiger partial charge is 0.271 e. The Bertz CT molecular complexity index is 925. The van der Waals surface area contributed by atoms with Gasteiger partial charge in [0.15, 0.2) is 0 Å². The summed E-state index contributed by atoms with van der Waals surface area (Å²) < 4.78 is 6.26. The van der Waals surface area contributed by atoms with Gasteiger partial charge in [-0.3, -0.25) is 14.9 Å². The molecule has 0 bridgehead atoms. The van der Waals surface area contributed by atoms with Crippen LogP contribution in [0.5, 0.6) is 5.75 Å². The van der Waals surface area contributed by atoms with Crippen molar-refractivity contribution in [1.29, 1.82) is 0 Å². The summed E-state index contributed by atoms with van der Waals surface area (Å²) in [5.41, 5.74) is 1.13. The summed E-state index contributed by atoms with van der Waals surface area (Å²) in [6.07, 6.45) is 0. The molecule has 26 heavy (non-hydrogen) atoms. The van der Waals surface area contributed by atoms with Gasteiger partial charge in [0.2, 0.25) is 5.91 Å². The molecule has 0 atom stereocenters. The van der Waals surface area contributed by atoms with Crippen molar-refractivity contribution < 1.29 is 14.5 Å². The van der Waals surface area contributed by atoms with Crippen LogP contribution >= 0.6 is 23.1 Å². The molecule has 0 aliphatic carbocycles. The third kappa shape index (κ3) is 4.30. The zero-order chi connectivity index (χ0) is 18.5. The van der Waals surface area contributed by atoms with E-state index in [4.69, 9.17) is 4.74 Å². The van der Waals surface area contributed by atoms with Crippen molar-refractivity contribution in [1.82, 2.24) is 4.98 Å². The number of nitro groups is 1. The van der Waals surface area contributed by atoms with Crippen LogP contribution in [-0.4, -0.2) is 28.7 Å². The number of carbonyl (C=O) groups excluding carboxylic acids is 1. The Hall–Kier alpha value is -2.65. The lowest BCUT2D eigenvalue weighted by atomic mass is 10.2. The highest BCUT2D eigenvalue weighted by atomic mass is 32.2. The average molecular weight is 389 g/mol. The van der Waals surface area contributed by atoms with Crippen LogP contribution in [0.3, 0.4) is 0 Å². The van der Waals surface area contributed by atoms with Crippen LogP contribution in [0.1, 0.15) is 5.01 Å². The highest BCUT2D eigenvalue weighted by Crippen LogP contribution is 2.29. The fourth-order valence-electron chi connectivity index (χ4n) is 2.31. The zero-order valence-electron chi connectivity index (χ0n) is 13.8. The number of hydrogen-bond acceptors (Lipinski definition) is 7. The minimum absolute atomic E-state index is 0.108. The first-order valence-electron chi connectivity index (χ1n) is 7.61. The van der Waals surface area contributed by atoms with Gasteiger partial charge in [0.25, 0.3) is 5.69 Å². The lowest BCUT2D eigenvalue weighted by Crippen LogP contribution is -2.15. The molecule has 9 heteroatoms. The Labute approximate surface area is 157 Å². The van der Waals surface area contributed by atoms with Gasteiger partial charge in [0.05, 0.1) is 33.7 Å². The zero-order valence-corrected chi connectivity index (χ0v) is 15.4. The summed E-state index contributed by atoms with van der Waals surface area (Å²) in [6, 6.07) is 12.0. The maximum atomic E-state index is 12.1. The number of aromatic nitrogens is 1. The number of amides is 1. The van der Waals surface area contributed by atoms with E-state index in [9.17, 15) is 14.9 Å². The molecule has 134 valence electrons. The third-order valence-electron chi connectivity index (χ3n) is 3.46. The van der Waals surface area contributed by atoms with Gasteiger partial charge in [-0.05, 0) is 18.2 Å². The fourth-order valence-corrected chi connectivity index (χ4v) is 4.15. The molecule has 0 spiro atoms. The van der Waals surface area contributed by atoms with Gasteiger partial charge in [0, 0.05) is 17.9 Å². The second kappa shape index (κ2) is 8.15. The highest BCUT2D eigenvalue weighted by Gasteiger charge is 2.14. The summed E-state index contributed by atoms with van der Waals surface area (Å²) in [5, 5.41) is 14.5. The molecule has 0 saturated carbocycles. The van der Waals surface area contributed by atoms with Crippen LogP contribution in [0.4, 0.5) is 11.4 Å². The molecular formula is C17H15N3O4S2. The number of anilines is 1. The van der Waals surface area contributed by atoms with E-state index in [0.717, 1.165) is 15.2 Å². The molecule has 1 N–H and O–H groups in total. The molecule has 1 aromatic heterocycles. The van der Waals surface area contributed by atoms with Crippen molar-refractivity contribution in [3.8, 4) is 5.75 Å². The number of nitro benzene ring substituents is 1. The third-order valence-corrected chi connectivity index (χ3v) is 5.63. The maximum absolute atomic E-state index is 12.1. The monoisotopic (exact) mass is 389 g/mol. The van der Waals surface area contributed by atoms with Crippen molar-refractivity contribution in [2.75, 3.05) is 18.2 Å². The van der Waals surface area contributed by atoms with Gasteiger partial charge in [-0.15, -0.1) is 23.1 Å². The Balaban J connectivity index is 1.58. The summed E-state index contributed by atoms with van der Waals surface area (Å²) in [6.45, 7) is 0. The predicted octanol–water partition coefficient (Wildman–Crippen LogP) is 4.09. The van der Waals surface area contributed by atoms with Crippen LogP contribution in [0.2, 0.25) is 0 Å². The Morgan fingerprint density at radius 1 is 1.35 bits per heavy atom. The van der Waals surface area contributed by atoms with Gasteiger partial charge in [0.1, 0.15) is 10.8 Å². The number of thiazole rings is 1. The van der Waals surface area contributed by atoms with Gasteiger partial charge in [-0.1, -0.05) is 12.1 Å². The van der Waals surface area contributed by atoms with Crippen molar-refractivity contribution >= 4 is 50.6 Å². The first-order valence-corrected chi connectivity index (χ1v) is 9.58. The Morgan fingerprint density at radius 3 is 2.88 bits per heavy atom. The molecule has 1 amide bonds. The number of nitrogens with one attached hydrogen (secondary N) is 1. The van der Waals surface area contributed by atoms with E-state index < -0.39 is 4.92 Å². The molecule has 1 heterocycles. The minimum Gasteiger partial charge on any atom is -0.495 e. The van der Waals surface area contributed by atoms with Crippen LogP contribution in [0.25, 0.3) is 10.2 Å². The largest absolute Gasteiger partial charge is 0.495 e. The number of hydrogen-bond donors (Lipinski definition) is 1. The fraction of sp³-hybridized carbons (Fsp3) is 0.176. The van der Waals surface area contributed by atoms with Crippen molar-refractivity contribution in [3.05, 3.63) is 57.6 Å². The molecule has 7 nitrogen and oxygen atoms in total. The maximum Gasteiger partial charge on any atom is 0.271 e. The first-order chi connectivity index (χ1) is 12.6. The molecule has 0 fully saturated rings. The van der Waals surface area contributed by atoms with Crippen LogP contribution < -0.4 is 10.1 Å². The van der Waals surface area contributed by atoms with E-state index >= 15 is 0 Å². The molecular weight excluding hydrogens is 374 g/mol. The normalized spacial score (nSPS) is 10.7. The van der Waals surface area contributed by atoms with Gasteiger partial charge >= 0.3 is 0 Å². The van der Waals surface area contributed by atoms with Gasteiger partial charge in [-0.25, -0.2) is 4.98 Å². The van der Waals surface area contributed by atoms with E-state index in [0.29, 0.717) is 11.5 Å². The van der Waals surface area contributed by atoms with Crippen molar-refractivity contribution in [3.63, 3.8) is 0 Å². The number of nitrogens with zero attached hydrogens (tertiary/aromatic N) is 2. The number of thioether (sulfide) groups is 1. The van der Waals surface area contributed by atoms with Crippen LogP contribution in [-0.2, 0) is 10.5 Å². The van der Waals surface area contributed by atoms with Crippen LogP contribution in [0.15, 0.2) is 42.5 Å². The highest BCUT2D eigenvalue weighted by molar-refractivity contribution is 7.99. The van der Waals surface area contributed by atoms with E-state index in [2.05, 4.69) is 10.3 Å². The predicted molar refractivity (Wildman–Crippen MR) is 104 cm³/mol. The number of rotatable bonds is 7. The molecule has 0 aliphatic heterocycles. The molecule has 3 aromatic rings. The number of ether oxygens (including phenoxy) is 1. The number of para-hydroxylation sites is 1. The molecule has 0 aliphatic rings. The van der Waals surface area contributed by atoms with Crippen LogP contribution in [0, 0.1) is 10.1 Å². The Morgan fingerprint density at radius 2 is 2.15 bits per heavy atom. The van der Waals surface area contributed by atoms with E-state index in [-0.39, 0.29) is 23.0 Å². The second-order valence-electron chi connectivity index (χ2n) is 5.26. The summed E-state index contributed by atoms with van der Waals surface area (Å²) >= 11 is 3.04. The number of fused-ring (bicyclic) bond motifs is 1. The summed E-state index contributed by atoms with van der Waals surface area (Å²) in [7, 11) is 1.44. The Kier molecular flexibility index (Phi) is 5.69. The molecule has 0 saturated heterocycles. The standard InChI is InChI=1S/C17H15N3O4S2/c1-24-14-7-6-11(20(22)23)8-13(14)18-16(21)9-25-10-17-19-12-4-2-3-5-15(12)26-17/h2-8H,9-10H2,1H3,(H,18,21).